The van der Waals surface area contributed by atoms with Gasteiger partial charge in [0.2, 0.25) is 0 Å². The summed E-state index contributed by atoms with van der Waals surface area (Å²) in [5, 5.41) is 6.20. The lowest BCUT2D eigenvalue weighted by molar-refractivity contribution is -0.134. The highest BCUT2D eigenvalue weighted by atomic mass is 16.5. The first-order valence-electron chi connectivity index (χ1n) is 10.9. The molecule has 0 aliphatic carbocycles. The molecule has 1 amide bonds. The van der Waals surface area contributed by atoms with Gasteiger partial charge in [0.05, 0.1) is 38.3 Å². The van der Waals surface area contributed by atoms with Crippen LogP contribution in [-0.2, 0) is 16.1 Å². The Morgan fingerprint density at radius 1 is 1.09 bits per heavy atom. The lowest BCUT2D eigenvalue weighted by Crippen LogP contribution is -2.36. The van der Waals surface area contributed by atoms with Gasteiger partial charge < -0.3 is 13.9 Å². The second-order valence-electron chi connectivity index (χ2n) is 8.11. The molecule has 1 aliphatic heterocycles. The van der Waals surface area contributed by atoms with E-state index in [9.17, 15) is 9.59 Å². The van der Waals surface area contributed by atoms with Crippen molar-refractivity contribution in [3.63, 3.8) is 0 Å². The van der Waals surface area contributed by atoms with Gasteiger partial charge in [-0.2, -0.15) is 5.10 Å². The molecule has 3 aromatic rings. The number of hydrogen-bond acceptors (Lipinski definition) is 7. The van der Waals surface area contributed by atoms with Crippen LogP contribution in [0, 0.1) is 0 Å². The zero-order chi connectivity index (χ0) is 24.1. The van der Waals surface area contributed by atoms with Crippen LogP contribution >= 0.6 is 0 Å². The van der Waals surface area contributed by atoms with Crippen molar-refractivity contribution in [2.24, 2.45) is 5.10 Å². The van der Waals surface area contributed by atoms with E-state index in [0.29, 0.717) is 24.3 Å². The Morgan fingerprint density at radius 3 is 2.44 bits per heavy atom. The van der Waals surface area contributed by atoms with Crippen LogP contribution in [0.5, 0.6) is 5.75 Å². The molecule has 0 radical (unpaired) electrons. The number of hydrazone groups is 1. The van der Waals surface area contributed by atoms with E-state index in [-0.39, 0.29) is 24.5 Å². The Morgan fingerprint density at radius 2 is 1.82 bits per heavy atom. The predicted molar refractivity (Wildman–Crippen MR) is 127 cm³/mol. The number of esters is 1. The molecule has 0 unspecified atom stereocenters. The van der Waals surface area contributed by atoms with Crippen LogP contribution in [-0.4, -0.2) is 55.3 Å². The number of likely N-dealkylation sites (N-methyl/N-ethyl adjacent to an activating group) is 1. The molecule has 2 aromatic carbocycles. The van der Waals surface area contributed by atoms with Gasteiger partial charge in [0, 0.05) is 13.0 Å². The topological polar surface area (TPSA) is 84.6 Å². The van der Waals surface area contributed by atoms with Crippen LogP contribution in [0.15, 0.2) is 76.4 Å². The summed E-state index contributed by atoms with van der Waals surface area (Å²) >= 11 is 0. The first kappa shape index (κ1) is 23.3. The van der Waals surface area contributed by atoms with Gasteiger partial charge in [-0.15, -0.1) is 0 Å². The lowest BCUT2D eigenvalue weighted by atomic mass is 10.0. The third-order valence-corrected chi connectivity index (χ3v) is 5.69. The minimum absolute atomic E-state index is 0.126. The van der Waals surface area contributed by atoms with Gasteiger partial charge in [0.15, 0.2) is 0 Å². The molecule has 0 spiro atoms. The Labute approximate surface area is 198 Å². The van der Waals surface area contributed by atoms with Crippen molar-refractivity contribution in [3.8, 4) is 5.75 Å². The van der Waals surface area contributed by atoms with E-state index in [4.69, 9.17) is 13.9 Å². The zero-order valence-electron chi connectivity index (χ0n) is 19.4. The average Bonchev–Trinajstić information content (AvgIpc) is 3.54. The normalized spacial score (nSPS) is 15.4. The van der Waals surface area contributed by atoms with Crippen LogP contribution in [0.3, 0.4) is 0 Å². The van der Waals surface area contributed by atoms with Gasteiger partial charge in [-0.1, -0.05) is 12.1 Å². The summed E-state index contributed by atoms with van der Waals surface area (Å²) in [5.41, 5.74) is 3.23. The van der Waals surface area contributed by atoms with Crippen molar-refractivity contribution < 1.29 is 23.5 Å². The fourth-order valence-corrected chi connectivity index (χ4v) is 3.94. The van der Waals surface area contributed by atoms with Crippen LogP contribution < -0.4 is 4.74 Å². The smallest absolute Gasteiger partial charge is 0.337 e. The first-order valence-corrected chi connectivity index (χ1v) is 10.9. The summed E-state index contributed by atoms with van der Waals surface area (Å²) in [6.07, 6.45) is 2.16. The van der Waals surface area contributed by atoms with Crippen LogP contribution in [0.2, 0.25) is 0 Å². The molecule has 0 saturated carbocycles. The van der Waals surface area contributed by atoms with Crippen molar-refractivity contribution in [1.82, 2.24) is 9.91 Å². The summed E-state index contributed by atoms with van der Waals surface area (Å²) in [7, 11) is 4.85. The maximum Gasteiger partial charge on any atom is 0.337 e. The van der Waals surface area contributed by atoms with Crippen molar-refractivity contribution in [1.29, 1.82) is 0 Å². The molecule has 8 heteroatoms. The summed E-state index contributed by atoms with van der Waals surface area (Å²) < 4.78 is 15.6. The number of amides is 1. The average molecular weight is 462 g/mol. The monoisotopic (exact) mass is 461 g/mol. The van der Waals surface area contributed by atoms with Crippen molar-refractivity contribution in [3.05, 3.63) is 89.4 Å². The van der Waals surface area contributed by atoms with Crippen LogP contribution in [0.25, 0.3) is 0 Å². The zero-order valence-corrected chi connectivity index (χ0v) is 19.4. The van der Waals surface area contributed by atoms with Gasteiger partial charge >= 0.3 is 5.97 Å². The minimum atomic E-state index is -0.376. The van der Waals surface area contributed by atoms with E-state index in [1.807, 2.05) is 60.5 Å². The third-order valence-electron chi connectivity index (χ3n) is 5.69. The van der Waals surface area contributed by atoms with Gasteiger partial charge in [-0.3, -0.25) is 9.69 Å². The SMILES string of the molecule is COC(=O)c1ccc(CN(C)CC(=O)N2N=C(c3ccc(OC)cc3)C[C@H]2c2ccco2)cc1. The molecule has 34 heavy (non-hydrogen) atoms. The largest absolute Gasteiger partial charge is 0.497 e. The number of methoxy groups -OCH3 is 2. The predicted octanol–water partition coefficient (Wildman–Crippen LogP) is 3.88. The highest BCUT2D eigenvalue weighted by molar-refractivity contribution is 6.03. The van der Waals surface area contributed by atoms with Gasteiger partial charge in [-0.25, -0.2) is 9.80 Å². The Balaban J connectivity index is 1.47. The van der Waals surface area contributed by atoms with Crippen molar-refractivity contribution in [2.45, 2.75) is 19.0 Å². The molecule has 1 atom stereocenters. The summed E-state index contributed by atoms with van der Waals surface area (Å²) in [5.74, 6) is 0.956. The van der Waals surface area contributed by atoms with Crippen molar-refractivity contribution >= 4 is 17.6 Å². The summed E-state index contributed by atoms with van der Waals surface area (Å²) in [6.45, 7) is 0.719. The molecule has 0 N–H and O–H groups in total. The number of carbonyl (C=O) groups is 2. The van der Waals surface area contributed by atoms with E-state index < -0.39 is 0 Å². The Bertz CT molecular complexity index is 1150. The number of furan rings is 1. The first-order chi connectivity index (χ1) is 16.5. The number of ether oxygens (including phenoxy) is 2. The Kier molecular flexibility index (Phi) is 7.08. The molecule has 0 fully saturated rings. The maximum absolute atomic E-state index is 13.3. The minimum Gasteiger partial charge on any atom is -0.497 e. The second-order valence-corrected chi connectivity index (χ2v) is 8.11. The van der Waals surface area contributed by atoms with Crippen molar-refractivity contribution in [2.75, 3.05) is 27.8 Å². The number of carbonyl (C=O) groups excluding carboxylic acids is 2. The highest BCUT2D eigenvalue weighted by Crippen LogP contribution is 2.33. The molecular weight excluding hydrogens is 434 g/mol. The second kappa shape index (κ2) is 10.4. The van der Waals surface area contributed by atoms with Gasteiger partial charge in [-0.05, 0) is 66.7 Å². The van der Waals surface area contributed by atoms with Gasteiger partial charge in [0.25, 0.3) is 5.91 Å². The number of rotatable bonds is 8. The number of hydrogen-bond donors (Lipinski definition) is 0. The molecule has 8 nitrogen and oxygen atoms in total. The highest BCUT2D eigenvalue weighted by Gasteiger charge is 2.35. The van der Waals surface area contributed by atoms with E-state index in [2.05, 4.69) is 5.10 Å². The molecule has 1 aromatic heterocycles. The number of nitrogens with zero attached hydrogens (tertiary/aromatic N) is 3. The number of benzene rings is 2. The molecule has 4 rings (SSSR count). The third kappa shape index (κ3) is 5.18. The fraction of sp³-hybridized carbons (Fsp3) is 0.269. The molecule has 0 saturated heterocycles. The standard InChI is InChI=1S/C26H27N3O5/c1-28(16-18-6-8-20(9-7-18)26(31)33-3)17-25(30)29-23(24-5-4-14-34-24)15-22(27-29)19-10-12-21(32-2)13-11-19/h4-14,23H,15-17H2,1-3H3/t23-/m0/s1. The van der Waals surface area contributed by atoms with E-state index in [1.54, 1.807) is 25.5 Å². The maximum atomic E-state index is 13.3. The van der Waals surface area contributed by atoms with E-state index in [1.165, 1.54) is 12.1 Å². The van der Waals surface area contributed by atoms with Crippen LogP contribution in [0.4, 0.5) is 0 Å². The summed E-state index contributed by atoms with van der Waals surface area (Å²) in [4.78, 5) is 26.8. The molecule has 2 heterocycles. The summed E-state index contributed by atoms with van der Waals surface area (Å²) in [6, 6.07) is 18.2. The molecule has 176 valence electrons. The lowest BCUT2D eigenvalue weighted by Gasteiger charge is -2.23. The van der Waals surface area contributed by atoms with Gasteiger partial charge in [0.1, 0.15) is 17.6 Å². The fourth-order valence-electron chi connectivity index (χ4n) is 3.94. The quantitative estimate of drug-likeness (QED) is 0.474. The molecule has 1 aliphatic rings. The molecular formula is C26H27N3O5. The Hall–Kier alpha value is -3.91. The van der Waals surface area contributed by atoms with E-state index in [0.717, 1.165) is 22.6 Å². The van der Waals surface area contributed by atoms with E-state index >= 15 is 0 Å². The van der Waals surface area contributed by atoms with Crippen LogP contribution in [0.1, 0.15) is 39.7 Å². The molecule has 0 bridgehead atoms.